The second kappa shape index (κ2) is 5.82. The summed E-state index contributed by atoms with van der Waals surface area (Å²) < 4.78 is 4.94. The van der Waals surface area contributed by atoms with Crippen molar-refractivity contribution in [1.29, 1.82) is 0 Å². The smallest absolute Gasteiger partial charge is 0.220 e. The van der Waals surface area contributed by atoms with Gasteiger partial charge >= 0.3 is 0 Å². The first-order chi connectivity index (χ1) is 8.24. The maximum Gasteiger partial charge on any atom is 0.220 e. The van der Waals surface area contributed by atoms with E-state index in [-0.39, 0.29) is 5.91 Å². The predicted octanol–water partition coefficient (Wildman–Crippen LogP) is 0.989. The van der Waals surface area contributed by atoms with Crippen LogP contribution in [0.25, 0.3) is 0 Å². The average Bonchev–Trinajstić information content (AvgIpc) is 2.74. The van der Waals surface area contributed by atoms with Gasteiger partial charge in [0.15, 0.2) is 0 Å². The number of hydrogen-bond donors (Lipinski definition) is 2. The van der Waals surface area contributed by atoms with Crippen molar-refractivity contribution in [3.8, 4) is 0 Å². The molecule has 2 rings (SSSR count). The summed E-state index contributed by atoms with van der Waals surface area (Å²) >= 11 is 0. The highest BCUT2D eigenvalue weighted by Crippen LogP contribution is 2.15. The fraction of sp³-hybridized carbons (Fsp3) is 0.667. The molecule has 2 N–H and O–H groups in total. The van der Waals surface area contributed by atoms with Gasteiger partial charge in [-0.1, -0.05) is 5.16 Å². The van der Waals surface area contributed by atoms with Crippen LogP contribution >= 0.6 is 0 Å². The molecule has 1 aliphatic heterocycles. The van der Waals surface area contributed by atoms with Gasteiger partial charge in [0.2, 0.25) is 5.91 Å². The average molecular weight is 237 g/mol. The number of carbonyl (C=O) groups is 1. The van der Waals surface area contributed by atoms with Crippen LogP contribution in [0, 0.1) is 12.8 Å². The van der Waals surface area contributed by atoms with Crippen LogP contribution in [0.4, 0.5) is 0 Å². The zero-order valence-electron chi connectivity index (χ0n) is 10.2. The lowest BCUT2D eigenvalue weighted by atomic mass is 9.94. The van der Waals surface area contributed by atoms with Crippen molar-refractivity contribution in [3.05, 3.63) is 17.5 Å². The van der Waals surface area contributed by atoms with Crippen molar-refractivity contribution in [1.82, 2.24) is 15.8 Å². The van der Waals surface area contributed by atoms with E-state index in [4.69, 9.17) is 4.52 Å². The molecule has 0 atom stereocenters. The van der Waals surface area contributed by atoms with Crippen LogP contribution in [0.3, 0.4) is 0 Å². The van der Waals surface area contributed by atoms with Gasteiger partial charge in [0, 0.05) is 12.5 Å². The van der Waals surface area contributed by atoms with E-state index in [2.05, 4.69) is 15.8 Å². The molecule has 0 spiro atoms. The zero-order valence-corrected chi connectivity index (χ0v) is 10.2. The van der Waals surface area contributed by atoms with Gasteiger partial charge in [-0.2, -0.15) is 0 Å². The molecule has 2 heterocycles. The van der Waals surface area contributed by atoms with Gasteiger partial charge in [-0.3, -0.25) is 4.79 Å². The third-order valence-corrected chi connectivity index (χ3v) is 3.08. The SMILES string of the molecule is Cc1cc(CNC(=O)CC2CCNCC2)no1. The van der Waals surface area contributed by atoms with E-state index in [1.807, 2.05) is 13.0 Å². The highest BCUT2D eigenvalue weighted by atomic mass is 16.5. The Morgan fingerprint density at radius 3 is 3.00 bits per heavy atom. The van der Waals surface area contributed by atoms with Crippen LogP contribution in [0.1, 0.15) is 30.7 Å². The zero-order chi connectivity index (χ0) is 12.1. The monoisotopic (exact) mass is 237 g/mol. The third kappa shape index (κ3) is 3.85. The molecule has 5 nitrogen and oxygen atoms in total. The van der Waals surface area contributed by atoms with Crippen molar-refractivity contribution in [2.75, 3.05) is 13.1 Å². The van der Waals surface area contributed by atoms with Gasteiger partial charge in [-0.25, -0.2) is 0 Å². The topological polar surface area (TPSA) is 67.2 Å². The minimum absolute atomic E-state index is 0.109. The Balaban J connectivity index is 1.70. The lowest BCUT2D eigenvalue weighted by Crippen LogP contribution is -2.32. The lowest BCUT2D eigenvalue weighted by molar-refractivity contribution is -0.122. The molecule has 0 aliphatic carbocycles. The van der Waals surface area contributed by atoms with Crippen molar-refractivity contribution in [3.63, 3.8) is 0 Å². The number of aryl methyl sites for hydroxylation is 1. The van der Waals surface area contributed by atoms with E-state index in [0.29, 0.717) is 18.9 Å². The fourth-order valence-electron chi connectivity index (χ4n) is 2.11. The number of carbonyl (C=O) groups excluding carboxylic acids is 1. The van der Waals surface area contributed by atoms with Gasteiger partial charge in [-0.15, -0.1) is 0 Å². The Labute approximate surface area is 101 Å². The van der Waals surface area contributed by atoms with Crippen LogP contribution in [0.15, 0.2) is 10.6 Å². The maximum absolute atomic E-state index is 11.7. The fourth-order valence-corrected chi connectivity index (χ4v) is 2.11. The van der Waals surface area contributed by atoms with Crippen molar-refractivity contribution < 1.29 is 9.32 Å². The molecule has 0 saturated carbocycles. The van der Waals surface area contributed by atoms with E-state index in [0.717, 1.165) is 37.4 Å². The minimum Gasteiger partial charge on any atom is -0.361 e. The predicted molar refractivity (Wildman–Crippen MR) is 63.3 cm³/mol. The van der Waals surface area contributed by atoms with E-state index in [9.17, 15) is 4.79 Å². The minimum atomic E-state index is 0.109. The largest absolute Gasteiger partial charge is 0.361 e. The Hall–Kier alpha value is -1.36. The summed E-state index contributed by atoms with van der Waals surface area (Å²) in [5.74, 6) is 1.40. The highest BCUT2D eigenvalue weighted by Gasteiger charge is 2.16. The molecule has 1 amide bonds. The molecule has 0 unspecified atom stereocenters. The number of nitrogens with zero attached hydrogens (tertiary/aromatic N) is 1. The number of piperidine rings is 1. The molecule has 17 heavy (non-hydrogen) atoms. The van der Waals surface area contributed by atoms with Crippen molar-refractivity contribution in [2.45, 2.75) is 32.7 Å². The normalized spacial score (nSPS) is 17.0. The molecular formula is C12H19N3O2. The number of hydrogen-bond acceptors (Lipinski definition) is 4. The summed E-state index contributed by atoms with van der Waals surface area (Å²) in [5, 5.41) is 10.0. The molecule has 1 aromatic heterocycles. The molecular weight excluding hydrogens is 218 g/mol. The summed E-state index contributed by atoms with van der Waals surface area (Å²) in [5.41, 5.74) is 0.779. The lowest BCUT2D eigenvalue weighted by Gasteiger charge is -2.21. The number of nitrogens with one attached hydrogen (secondary N) is 2. The summed E-state index contributed by atoms with van der Waals surface area (Å²) in [6, 6.07) is 1.84. The second-order valence-corrected chi connectivity index (χ2v) is 4.60. The first-order valence-electron chi connectivity index (χ1n) is 6.13. The van der Waals surface area contributed by atoms with Crippen LogP contribution < -0.4 is 10.6 Å². The van der Waals surface area contributed by atoms with Gasteiger partial charge in [-0.05, 0) is 38.8 Å². The van der Waals surface area contributed by atoms with Gasteiger partial charge in [0.05, 0.1) is 6.54 Å². The van der Waals surface area contributed by atoms with Crippen LogP contribution in [-0.2, 0) is 11.3 Å². The Morgan fingerprint density at radius 1 is 1.59 bits per heavy atom. The third-order valence-electron chi connectivity index (χ3n) is 3.08. The standard InChI is InChI=1S/C12H19N3O2/c1-9-6-11(15-17-9)8-14-12(16)7-10-2-4-13-5-3-10/h6,10,13H,2-5,7-8H2,1H3,(H,14,16). The summed E-state index contributed by atoms with van der Waals surface area (Å²) in [7, 11) is 0. The molecule has 0 aromatic carbocycles. The molecule has 1 fully saturated rings. The molecule has 1 aliphatic rings. The summed E-state index contributed by atoms with van der Waals surface area (Å²) in [6.45, 7) is 4.36. The molecule has 1 saturated heterocycles. The van der Waals surface area contributed by atoms with E-state index in [1.54, 1.807) is 0 Å². The number of aromatic nitrogens is 1. The van der Waals surface area contributed by atoms with Crippen LogP contribution in [0.5, 0.6) is 0 Å². The second-order valence-electron chi connectivity index (χ2n) is 4.60. The Morgan fingerprint density at radius 2 is 2.35 bits per heavy atom. The molecule has 1 aromatic rings. The quantitative estimate of drug-likeness (QED) is 0.819. The number of amides is 1. The first kappa shape index (κ1) is 12.1. The molecule has 0 radical (unpaired) electrons. The van der Waals surface area contributed by atoms with Gasteiger partial charge < -0.3 is 15.2 Å². The molecule has 94 valence electrons. The van der Waals surface area contributed by atoms with E-state index >= 15 is 0 Å². The summed E-state index contributed by atoms with van der Waals surface area (Å²) in [6.07, 6.45) is 2.81. The van der Waals surface area contributed by atoms with Crippen molar-refractivity contribution in [2.24, 2.45) is 5.92 Å². The Kier molecular flexibility index (Phi) is 4.14. The van der Waals surface area contributed by atoms with Crippen molar-refractivity contribution >= 4 is 5.91 Å². The molecule has 5 heteroatoms. The number of rotatable bonds is 4. The first-order valence-corrected chi connectivity index (χ1v) is 6.13. The van der Waals surface area contributed by atoms with E-state index in [1.165, 1.54) is 0 Å². The highest BCUT2D eigenvalue weighted by molar-refractivity contribution is 5.76. The van der Waals surface area contributed by atoms with Crippen LogP contribution in [0.2, 0.25) is 0 Å². The van der Waals surface area contributed by atoms with E-state index < -0.39 is 0 Å². The Bertz CT molecular complexity index is 370. The molecule has 0 bridgehead atoms. The van der Waals surface area contributed by atoms with Gasteiger partial charge in [0.1, 0.15) is 11.5 Å². The van der Waals surface area contributed by atoms with Crippen LogP contribution in [-0.4, -0.2) is 24.2 Å². The van der Waals surface area contributed by atoms with Gasteiger partial charge in [0.25, 0.3) is 0 Å². The maximum atomic E-state index is 11.7. The summed E-state index contributed by atoms with van der Waals surface area (Å²) in [4.78, 5) is 11.7.